The van der Waals surface area contributed by atoms with Crippen LogP contribution >= 0.6 is 11.6 Å². The van der Waals surface area contributed by atoms with Crippen molar-refractivity contribution in [3.8, 4) is 22.6 Å². The molecule has 0 spiro atoms. The number of carbonyl (C=O) groups excluding carboxylic acids is 1. The Balaban J connectivity index is 1.53. The summed E-state index contributed by atoms with van der Waals surface area (Å²) in [6.45, 7) is 0. The third-order valence-corrected chi connectivity index (χ3v) is 4.32. The highest BCUT2D eigenvalue weighted by Gasteiger charge is 2.43. The van der Waals surface area contributed by atoms with E-state index in [0.29, 0.717) is 29.3 Å². The molecule has 1 aromatic heterocycles. The highest BCUT2D eigenvalue weighted by atomic mass is 35.5. The van der Waals surface area contributed by atoms with E-state index < -0.39 is 6.29 Å². The number of amides is 1. The smallest absolute Gasteiger partial charge is 0.395 e. The van der Waals surface area contributed by atoms with Crippen LogP contribution in [-0.2, 0) is 4.79 Å². The van der Waals surface area contributed by atoms with Crippen molar-refractivity contribution in [2.75, 3.05) is 5.32 Å². The van der Waals surface area contributed by atoms with Crippen molar-refractivity contribution in [3.05, 3.63) is 35.5 Å². The lowest BCUT2D eigenvalue weighted by molar-refractivity contribution is -0.286. The first-order valence-corrected chi connectivity index (χ1v) is 8.13. The fourth-order valence-corrected chi connectivity index (χ4v) is 2.86. The number of pyridine rings is 1. The SMILES string of the molecule is O=C(CC1CC1)Nc1ccc(-c2cc3c(cc2Cl)OC(F)(F)O3)cn1. The Morgan fingerprint density at radius 1 is 1.28 bits per heavy atom. The molecule has 0 atom stereocenters. The normalized spacial score (nSPS) is 17.4. The monoisotopic (exact) mass is 366 g/mol. The fourth-order valence-electron chi connectivity index (χ4n) is 2.60. The maximum atomic E-state index is 13.1. The molecular weight excluding hydrogens is 354 g/mol. The predicted octanol–water partition coefficient (Wildman–Crippen LogP) is 4.46. The molecule has 0 unspecified atom stereocenters. The van der Waals surface area contributed by atoms with E-state index in [1.54, 1.807) is 12.1 Å². The maximum absolute atomic E-state index is 13.1. The minimum atomic E-state index is -3.70. The average molecular weight is 367 g/mol. The first-order chi connectivity index (χ1) is 11.9. The Kier molecular flexibility index (Phi) is 3.76. The molecule has 0 bridgehead atoms. The van der Waals surface area contributed by atoms with Crippen LogP contribution in [0.4, 0.5) is 14.6 Å². The van der Waals surface area contributed by atoms with Gasteiger partial charge in [-0.05, 0) is 37.0 Å². The topological polar surface area (TPSA) is 60.5 Å². The van der Waals surface area contributed by atoms with Crippen molar-refractivity contribution >= 4 is 23.3 Å². The molecule has 25 heavy (non-hydrogen) atoms. The van der Waals surface area contributed by atoms with Gasteiger partial charge in [-0.2, -0.15) is 0 Å². The lowest BCUT2D eigenvalue weighted by atomic mass is 10.1. The van der Waals surface area contributed by atoms with Gasteiger partial charge in [0.2, 0.25) is 5.91 Å². The zero-order valence-electron chi connectivity index (χ0n) is 12.9. The summed E-state index contributed by atoms with van der Waals surface area (Å²) in [6, 6.07) is 5.98. The minimum Gasteiger partial charge on any atom is -0.395 e. The number of alkyl halides is 2. The number of hydrogen-bond donors (Lipinski definition) is 1. The third kappa shape index (κ3) is 3.51. The van der Waals surface area contributed by atoms with Crippen LogP contribution in [-0.4, -0.2) is 17.2 Å². The number of hydrogen-bond acceptors (Lipinski definition) is 4. The summed E-state index contributed by atoms with van der Waals surface area (Å²) >= 11 is 6.15. The molecule has 1 aliphatic carbocycles. The first-order valence-electron chi connectivity index (χ1n) is 7.75. The van der Waals surface area contributed by atoms with E-state index in [2.05, 4.69) is 19.8 Å². The van der Waals surface area contributed by atoms with E-state index in [4.69, 9.17) is 11.6 Å². The van der Waals surface area contributed by atoms with Crippen LogP contribution in [0.15, 0.2) is 30.5 Å². The number of benzene rings is 1. The zero-order valence-corrected chi connectivity index (χ0v) is 13.6. The molecule has 4 rings (SSSR count). The van der Waals surface area contributed by atoms with Crippen molar-refractivity contribution in [2.24, 2.45) is 5.92 Å². The van der Waals surface area contributed by atoms with Crippen LogP contribution < -0.4 is 14.8 Å². The first kappa shape index (κ1) is 16.1. The summed E-state index contributed by atoms with van der Waals surface area (Å²) in [6.07, 6.45) is 0.515. The number of carbonyl (C=O) groups is 1. The molecule has 1 aromatic carbocycles. The standard InChI is InChI=1S/C17H13ClF2N2O3/c18-12-7-14-13(24-17(19,20)25-14)6-11(12)10-3-4-15(21-8-10)22-16(23)5-9-1-2-9/h3-4,6-9H,1-2,5H2,(H,21,22,23). The van der Waals surface area contributed by atoms with E-state index in [1.165, 1.54) is 18.3 Å². The second kappa shape index (κ2) is 5.84. The number of halogens is 3. The lowest BCUT2D eigenvalue weighted by Gasteiger charge is -2.08. The molecule has 2 aromatic rings. The third-order valence-electron chi connectivity index (χ3n) is 4.00. The second-order valence-corrected chi connectivity index (χ2v) is 6.48. The molecule has 0 saturated heterocycles. The minimum absolute atomic E-state index is 0.0638. The molecule has 2 aliphatic rings. The predicted molar refractivity (Wildman–Crippen MR) is 86.9 cm³/mol. The number of nitrogens with zero attached hydrogens (tertiary/aromatic N) is 1. The molecule has 1 amide bonds. The van der Waals surface area contributed by atoms with Gasteiger partial charge < -0.3 is 14.8 Å². The van der Waals surface area contributed by atoms with Gasteiger partial charge in [0.25, 0.3) is 0 Å². The van der Waals surface area contributed by atoms with E-state index in [1.807, 2.05) is 0 Å². The number of aromatic nitrogens is 1. The van der Waals surface area contributed by atoms with Gasteiger partial charge in [-0.15, -0.1) is 8.78 Å². The lowest BCUT2D eigenvalue weighted by Crippen LogP contribution is -2.25. The van der Waals surface area contributed by atoms with Crippen molar-refractivity contribution in [3.63, 3.8) is 0 Å². The van der Waals surface area contributed by atoms with Crippen LogP contribution in [0.25, 0.3) is 11.1 Å². The van der Waals surface area contributed by atoms with E-state index in [9.17, 15) is 13.6 Å². The van der Waals surface area contributed by atoms with Gasteiger partial charge >= 0.3 is 6.29 Å². The fraction of sp³-hybridized carbons (Fsp3) is 0.294. The molecule has 5 nitrogen and oxygen atoms in total. The average Bonchev–Trinajstić information content (AvgIpc) is 3.28. The molecule has 0 radical (unpaired) electrons. The zero-order chi connectivity index (χ0) is 17.6. The van der Waals surface area contributed by atoms with Crippen LogP contribution in [0.2, 0.25) is 5.02 Å². The summed E-state index contributed by atoms with van der Waals surface area (Å²) in [7, 11) is 0. The molecule has 1 saturated carbocycles. The maximum Gasteiger partial charge on any atom is 0.586 e. The van der Waals surface area contributed by atoms with Crippen LogP contribution in [0.3, 0.4) is 0 Å². The molecular formula is C17H13ClF2N2O3. The van der Waals surface area contributed by atoms with Gasteiger partial charge in [-0.1, -0.05) is 11.6 Å². The Labute approximate surface area is 146 Å². The molecule has 1 fully saturated rings. The highest BCUT2D eigenvalue weighted by Crippen LogP contribution is 2.46. The summed E-state index contributed by atoms with van der Waals surface area (Å²) in [5.41, 5.74) is 1.08. The van der Waals surface area contributed by atoms with Crippen LogP contribution in [0, 0.1) is 5.92 Å². The molecule has 8 heteroatoms. The van der Waals surface area contributed by atoms with Crippen LogP contribution in [0.5, 0.6) is 11.5 Å². The second-order valence-electron chi connectivity index (χ2n) is 6.07. The van der Waals surface area contributed by atoms with E-state index >= 15 is 0 Å². The highest BCUT2D eigenvalue weighted by molar-refractivity contribution is 6.33. The van der Waals surface area contributed by atoms with Crippen LogP contribution in [0.1, 0.15) is 19.3 Å². The molecule has 130 valence electrons. The number of fused-ring (bicyclic) bond motifs is 1. The molecule has 1 aliphatic heterocycles. The van der Waals surface area contributed by atoms with Crippen molar-refractivity contribution < 1.29 is 23.0 Å². The largest absolute Gasteiger partial charge is 0.586 e. The Morgan fingerprint density at radius 3 is 2.64 bits per heavy atom. The molecule has 2 heterocycles. The van der Waals surface area contributed by atoms with Crippen molar-refractivity contribution in [2.45, 2.75) is 25.6 Å². The quantitative estimate of drug-likeness (QED) is 0.867. The van der Waals surface area contributed by atoms with E-state index in [-0.39, 0.29) is 22.4 Å². The van der Waals surface area contributed by atoms with Gasteiger partial charge in [0.15, 0.2) is 11.5 Å². The van der Waals surface area contributed by atoms with Gasteiger partial charge in [-0.3, -0.25) is 4.79 Å². The van der Waals surface area contributed by atoms with Gasteiger partial charge in [0, 0.05) is 29.8 Å². The Morgan fingerprint density at radius 2 is 2.00 bits per heavy atom. The number of anilines is 1. The molecule has 1 N–H and O–H groups in total. The van der Waals surface area contributed by atoms with Crippen molar-refractivity contribution in [1.82, 2.24) is 4.98 Å². The Bertz CT molecular complexity index is 839. The van der Waals surface area contributed by atoms with Gasteiger partial charge in [0.1, 0.15) is 5.82 Å². The summed E-state index contributed by atoms with van der Waals surface area (Å²) in [5.74, 6) is 0.649. The van der Waals surface area contributed by atoms with Crippen molar-refractivity contribution in [1.29, 1.82) is 0 Å². The Hall–Kier alpha value is -2.41. The number of nitrogens with one attached hydrogen (secondary N) is 1. The number of ether oxygens (including phenoxy) is 2. The summed E-state index contributed by atoms with van der Waals surface area (Å²) in [4.78, 5) is 16.0. The van der Waals surface area contributed by atoms with Gasteiger partial charge in [0.05, 0.1) is 5.02 Å². The van der Waals surface area contributed by atoms with Gasteiger partial charge in [-0.25, -0.2) is 4.98 Å². The van der Waals surface area contributed by atoms with E-state index in [0.717, 1.165) is 12.8 Å². The number of rotatable bonds is 4. The summed E-state index contributed by atoms with van der Waals surface area (Å²) in [5, 5.41) is 2.96. The summed E-state index contributed by atoms with van der Waals surface area (Å²) < 4.78 is 35.1.